The number of aromatic nitrogens is 1. The molecule has 1 aromatic heterocycles. The molecule has 1 fully saturated rings. The number of pyridine rings is 1. The normalized spacial score (nSPS) is 18.3. The monoisotopic (exact) mass is 285 g/mol. The first kappa shape index (κ1) is 13.4. The van der Waals surface area contributed by atoms with Gasteiger partial charge in [-0.15, -0.1) is 0 Å². The minimum absolute atomic E-state index is 0.0468. The standard InChI is InChI=1S/C15H15N3O3/c19-14-12(6-3-7-16-14)18-13-10-5-2-1-4-9(10)11(8-17-13)15(20)21/h1-2,4-5,8,12H,3,6-7H2,(H,16,19)(H,17,18)(H,20,21). The third-order valence-electron chi connectivity index (χ3n) is 3.62. The van der Waals surface area contributed by atoms with Crippen molar-refractivity contribution in [3.8, 4) is 0 Å². The van der Waals surface area contributed by atoms with E-state index >= 15 is 0 Å². The van der Waals surface area contributed by atoms with Gasteiger partial charge in [0.2, 0.25) is 5.91 Å². The highest BCUT2D eigenvalue weighted by molar-refractivity contribution is 6.06. The smallest absolute Gasteiger partial charge is 0.337 e. The summed E-state index contributed by atoms with van der Waals surface area (Å²) < 4.78 is 0. The van der Waals surface area contributed by atoms with Crippen LogP contribution in [0.4, 0.5) is 5.82 Å². The first-order chi connectivity index (χ1) is 10.2. The Hall–Kier alpha value is -2.63. The van der Waals surface area contributed by atoms with E-state index in [-0.39, 0.29) is 17.5 Å². The van der Waals surface area contributed by atoms with Gasteiger partial charge in [0.15, 0.2) is 0 Å². The highest BCUT2D eigenvalue weighted by Crippen LogP contribution is 2.25. The van der Waals surface area contributed by atoms with E-state index in [2.05, 4.69) is 15.6 Å². The molecule has 1 aromatic carbocycles. The third-order valence-corrected chi connectivity index (χ3v) is 3.62. The van der Waals surface area contributed by atoms with E-state index in [0.29, 0.717) is 23.1 Å². The van der Waals surface area contributed by atoms with Crippen LogP contribution in [-0.2, 0) is 4.79 Å². The minimum atomic E-state index is -1.01. The average molecular weight is 285 g/mol. The Morgan fingerprint density at radius 1 is 1.33 bits per heavy atom. The van der Waals surface area contributed by atoms with Gasteiger partial charge in [0.05, 0.1) is 5.56 Å². The number of hydrogen-bond donors (Lipinski definition) is 3. The number of rotatable bonds is 3. The molecule has 3 rings (SSSR count). The maximum absolute atomic E-state index is 11.8. The Kier molecular flexibility index (Phi) is 3.43. The summed E-state index contributed by atoms with van der Waals surface area (Å²) in [6, 6.07) is 6.82. The Labute approximate surface area is 121 Å². The zero-order valence-corrected chi connectivity index (χ0v) is 11.3. The molecule has 2 aromatic rings. The number of nitrogens with one attached hydrogen (secondary N) is 2. The Morgan fingerprint density at radius 2 is 2.10 bits per heavy atom. The molecule has 0 bridgehead atoms. The molecule has 0 aliphatic carbocycles. The van der Waals surface area contributed by atoms with Gasteiger partial charge in [0.1, 0.15) is 11.9 Å². The number of fused-ring (bicyclic) bond motifs is 1. The number of nitrogens with zero attached hydrogens (tertiary/aromatic N) is 1. The number of benzene rings is 1. The van der Waals surface area contributed by atoms with Crippen molar-refractivity contribution < 1.29 is 14.7 Å². The summed E-state index contributed by atoms with van der Waals surface area (Å²) in [4.78, 5) is 27.2. The van der Waals surface area contributed by atoms with Gasteiger partial charge >= 0.3 is 5.97 Å². The SMILES string of the molecule is O=C(O)c1cnc(NC2CCCNC2=O)c2ccccc12. The lowest BCUT2D eigenvalue weighted by atomic mass is 10.0. The van der Waals surface area contributed by atoms with Crippen LogP contribution >= 0.6 is 0 Å². The predicted octanol–water partition coefficient (Wildman–Crippen LogP) is 1.62. The highest BCUT2D eigenvalue weighted by atomic mass is 16.4. The van der Waals surface area contributed by atoms with Crippen LogP contribution in [0.2, 0.25) is 0 Å². The summed E-state index contributed by atoms with van der Waals surface area (Å²) in [5.74, 6) is -0.521. The average Bonchev–Trinajstić information content (AvgIpc) is 2.49. The zero-order valence-electron chi connectivity index (χ0n) is 11.3. The first-order valence-corrected chi connectivity index (χ1v) is 6.82. The summed E-state index contributed by atoms with van der Waals surface area (Å²) >= 11 is 0. The fourth-order valence-electron chi connectivity index (χ4n) is 2.55. The second-order valence-electron chi connectivity index (χ2n) is 5.00. The summed E-state index contributed by atoms with van der Waals surface area (Å²) in [7, 11) is 0. The number of aromatic carboxylic acids is 1. The van der Waals surface area contributed by atoms with Crippen LogP contribution in [0.1, 0.15) is 23.2 Å². The van der Waals surface area contributed by atoms with Crippen molar-refractivity contribution in [1.82, 2.24) is 10.3 Å². The van der Waals surface area contributed by atoms with Crippen LogP contribution in [0, 0.1) is 0 Å². The maximum Gasteiger partial charge on any atom is 0.337 e. The van der Waals surface area contributed by atoms with E-state index < -0.39 is 5.97 Å². The van der Waals surface area contributed by atoms with E-state index in [1.54, 1.807) is 18.2 Å². The Bertz CT molecular complexity index is 714. The van der Waals surface area contributed by atoms with Crippen LogP contribution in [0.25, 0.3) is 10.8 Å². The molecular formula is C15H15N3O3. The highest BCUT2D eigenvalue weighted by Gasteiger charge is 2.23. The minimum Gasteiger partial charge on any atom is -0.478 e. The van der Waals surface area contributed by atoms with E-state index in [9.17, 15) is 14.7 Å². The number of carboxylic acid groups (broad SMARTS) is 1. The second kappa shape index (κ2) is 5.40. The molecule has 2 heterocycles. The molecule has 0 radical (unpaired) electrons. The number of hydrogen-bond acceptors (Lipinski definition) is 4. The first-order valence-electron chi connectivity index (χ1n) is 6.82. The van der Waals surface area contributed by atoms with Crippen LogP contribution in [0.15, 0.2) is 30.5 Å². The molecule has 1 unspecified atom stereocenters. The number of carbonyl (C=O) groups excluding carboxylic acids is 1. The van der Waals surface area contributed by atoms with Gasteiger partial charge in [-0.3, -0.25) is 4.79 Å². The van der Waals surface area contributed by atoms with Gasteiger partial charge in [-0.2, -0.15) is 0 Å². The molecule has 6 heteroatoms. The van der Waals surface area contributed by atoms with Gasteiger partial charge in [-0.25, -0.2) is 9.78 Å². The van der Waals surface area contributed by atoms with E-state index in [4.69, 9.17) is 0 Å². The van der Waals surface area contributed by atoms with Gasteiger partial charge in [-0.1, -0.05) is 24.3 Å². The fourth-order valence-corrected chi connectivity index (χ4v) is 2.55. The van der Waals surface area contributed by atoms with Crippen molar-refractivity contribution >= 4 is 28.5 Å². The van der Waals surface area contributed by atoms with Crippen molar-refractivity contribution in [2.75, 3.05) is 11.9 Å². The molecule has 1 aliphatic rings. The quantitative estimate of drug-likeness (QED) is 0.797. The van der Waals surface area contributed by atoms with Crippen LogP contribution in [-0.4, -0.2) is 34.6 Å². The third kappa shape index (κ3) is 2.52. The van der Waals surface area contributed by atoms with Crippen molar-refractivity contribution in [2.24, 2.45) is 0 Å². The molecule has 0 spiro atoms. The molecular weight excluding hydrogens is 270 g/mol. The molecule has 3 N–H and O–H groups in total. The lowest BCUT2D eigenvalue weighted by molar-refractivity contribution is -0.123. The Balaban J connectivity index is 2.01. The van der Waals surface area contributed by atoms with Crippen LogP contribution in [0.3, 0.4) is 0 Å². The van der Waals surface area contributed by atoms with E-state index in [1.165, 1.54) is 6.20 Å². The number of carbonyl (C=O) groups is 2. The van der Waals surface area contributed by atoms with E-state index in [1.807, 2.05) is 6.07 Å². The summed E-state index contributed by atoms with van der Waals surface area (Å²) in [6.45, 7) is 0.698. The molecule has 1 saturated heterocycles. The molecule has 1 aliphatic heterocycles. The molecule has 1 atom stereocenters. The van der Waals surface area contributed by atoms with Gasteiger partial charge in [-0.05, 0) is 12.8 Å². The topological polar surface area (TPSA) is 91.3 Å². The lowest BCUT2D eigenvalue weighted by Gasteiger charge is -2.23. The molecule has 0 saturated carbocycles. The number of amides is 1. The van der Waals surface area contributed by atoms with Gasteiger partial charge in [0, 0.05) is 23.5 Å². The molecule has 1 amide bonds. The van der Waals surface area contributed by atoms with Crippen LogP contribution in [0.5, 0.6) is 0 Å². The number of carboxylic acids is 1. The van der Waals surface area contributed by atoms with Crippen molar-refractivity contribution in [2.45, 2.75) is 18.9 Å². The number of piperidine rings is 1. The largest absolute Gasteiger partial charge is 0.478 e. The van der Waals surface area contributed by atoms with Crippen molar-refractivity contribution in [3.05, 3.63) is 36.0 Å². The number of anilines is 1. The van der Waals surface area contributed by atoms with Crippen LogP contribution < -0.4 is 10.6 Å². The fraction of sp³-hybridized carbons (Fsp3) is 0.267. The second-order valence-corrected chi connectivity index (χ2v) is 5.00. The molecule has 108 valence electrons. The van der Waals surface area contributed by atoms with Gasteiger partial charge in [0.25, 0.3) is 0 Å². The van der Waals surface area contributed by atoms with E-state index in [0.717, 1.165) is 12.8 Å². The van der Waals surface area contributed by atoms with Crippen molar-refractivity contribution in [1.29, 1.82) is 0 Å². The zero-order chi connectivity index (χ0) is 14.8. The summed E-state index contributed by atoms with van der Waals surface area (Å²) in [5.41, 5.74) is 0.157. The summed E-state index contributed by atoms with van der Waals surface area (Å²) in [5, 5.41) is 16.5. The van der Waals surface area contributed by atoms with Gasteiger partial charge < -0.3 is 15.7 Å². The summed E-state index contributed by atoms with van der Waals surface area (Å²) in [6.07, 6.45) is 2.98. The Morgan fingerprint density at radius 3 is 2.81 bits per heavy atom. The molecule has 21 heavy (non-hydrogen) atoms. The van der Waals surface area contributed by atoms with Crippen molar-refractivity contribution in [3.63, 3.8) is 0 Å². The lowest BCUT2D eigenvalue weighted by Crippen LogP contribution is -2.44. The maximum atomic E-state index is 11.8. The molecule has 6 nitrogen and oxygen atoms in total. The predicted molar refractivity (Wildman–Crippen MR) is 78.4 cm³/mol.